The Morgan fingerprint density at radius 2 is 2.15 bits per heavy atom. The Morgan fingerprint density at radius 3 is 2.81 bits per heavy atom. The second kappa shape index (κ2) is 6.37. The summed E-state index contributed by atoms with van der Waals surface area (Å²) in [5, 5.41) is 13.5. The second-order valence-corrected chi connectivity index (χ2v) is 7.72. The van der Waals surface area contributed by atoms with Crippen molar-refractivity contribution < 1.29 is 12.8 Å². The van der Waals surface area contributed by atoms with Gasteiger partial charge in [-0.15, -0.1) is 0 Å². The van der Waals surface area contributed by atoms with Gasteiger partial charge in [0.15, 0.2) is 17.9 Å². The average molecular weight is 382 g/mol. The molecule has 1 aliphatic rings. The summed E-state index contributed by atoms with van der Waals surface area (Å²) < 4.78 is 34.8. The van der Waals surface area contributed by atoms with Gasteiger partial charge in [-0.25, -0.2) is 18.4 Å². The highest BCUT2D eigenvalue weighted by Crippen LogP contribution is 2.30. The molecular formula is C17H14N6O3S. The number of sulfonamides is 1. The quantitative estimate of drug-likeness (QED) is 0.734. The number of hydrogen-bond acceptors (Lipinski definition) is 7. The first-order valence-electron chi connectivity index (χ1n) is 8.05. The summed E-state index contributed by atoms with van der Waals surface area (Å²) in [4.78, 5) is 8.19. The third kappa shape index (κ3) is 3.09. The van der Waals surface area contributed by atoms with Gasteiger partial charge in [0.2, 0.25) is 0 Å². The molecule has 3 heterocycles. The molecule has 27 heavy (non-hydrogen) atoms. The van der Waals surface area contributed by atoms with Crippen molar-refractivity contribution in [2.45, 2.75) is 19.8 Å². The first-order valence-corrected chi connectivity index (χ1v) is 9.53. The lowest BCUT2D eigenvalue weighted by Gasteiger charge is -2.16. The van der Waals surface area contributed by atoms with Gasteiger partial charge in [-0.05, 0) is 31.4 Å². The third-order valence-corrected chi connectivity index (χ3v) is 5.65. The van der Waals surface area contributed by atoms with Crippen LogP contribution in [0.15, 0.2) is 46.3 Å². The maximum absolute atomic E-state index is 12.9. The first kappa shape index (κ1) is 17.0. The first-order chi connectivity index (χ1) is 13.0. The lowest BCUT2D eigenvalue weighted by atomic mass is 10.0. The number of rotatable bonds is 4. The Kier molecular flexibility index (Phi) is 4.01. The number of aromatic nitrogens is 4. The summed E-state index contributed by atoms with van der Waals surface area (Å²) in [5.41, 5.74) is 2.07. The van der Waals surface area contributed by atoms with E-state index in [1.807, 2.05) is 6.07 Å². The molecule has 0 amide bonds. The van der Waals surface area contributed by atoms with Gasteiger partial charge in [-0.2, -0.15) is 14.9 Å². The fraction of sp³-hybridized carbons (Fsp3) is 0.176. The van der Waals surface area contributed by atoms with Gasteiger partial charge in [0.05, 0.1) is 23.0 Å². The predicted molar refractivity (Wildman–Crippen MR) is 96.8 cm³/mol. The number of hydrogen-bond donors (Lipinski definition) is 1. The molecule has 9 nitrogen and oxygen atoms in total. The highest BCUT2D eigenvalue weighted by molar-refractivity contribution is 7.96. The molecule has 0 unspecified atom stereocenters. The largest absolute Gasteiger partial charge is 0.444 e. The number of nitrogens with one attached hydrogen (secondary N) is 1. The zero-order chi connectivity index (χ0) is 19.0. The monoisotopic (exact) mass is 382 g/mol. The minimum Gasteiger partial charge on any atom is -0.444 e. The Hall–Kier alpha value is -3.45. The van der Waals surface area contributed by atoms with Crippen molar-refractivity contribution >= 4 is 27.1 Å². The number of allylic oxidation sites excluding steroid dienone is 4. The normalized spacial score (nSPS) is 14.5. The van der Waals surface area contributed by atoms with E-state index in [0.29, 0.717) is 29.9 Å². The van der Waals surface area contributed by atoms with Crippen LogP contribution in [0.1, 0.15) is 29.9 Å². The van der Waals surface area contributed by atoms with Gasteiger partial charge >= 0.3 is 0 Å². The molecule has 0 radical (unpaired) electrons. The SMILES string of the molecule is Cc1cc2ncc(C#N)c(NS(=O)(=O)C3=CC=C(c4cnco4)CC3)n2n1. The molecule has 4 rings (SSSR count). The second-order valence-electron chi connectivity index (χ2n) is 5.98. The molecule has 0 spiro atoms. The van der Waals surface area contributed by atoms with Gasteiger partial charge < -0.3 is 4.42 Å². The van der Waals surface area contributed by atoms with E-state index in [1.165, 1.54) is 23.2 Å². The van der Waals surface area contributed by atoms with Crippen LogP contribution in [0.2, 0.25) is 0 Å². The summed E-state index contributed by atoms with van der Waals surface area (Å²) in [7, 11) is -3.86. The van der Waals surface area contributed by atoms with E-state index < -0.39 is 10.0 Å². The summed E-state index contributed by atoms with van der Waals surface area (Å²) in [5.74, 6) is 0.687. The molecule has 0 atom stereocenters. The highest BCUT2D eigenvalue weighted by Gasteiger charge is 2.24. The Morgan fingerprint density at radius 1 is 1.30 bits per heavy atom. The molecule has 10 heteroatoms. The van der Waals surface area contributed by atoms with Crippen molar-refractivity contribution in [1.82, 2.24) is 19.6 Å². The zero-order valence-electron chi connectivity index (χ0n) is 14.2. The van der Waals surface area contributed by atoms with Crippen molar-refractivity contribution in [3.8, 4) is 6.07 Å². The third-order valence-electron chi connectivity index (χ3n) is 4.16. The molecule has 3 aromatic rings. The maximum Gasteiger partial charge on any atom is 0.259 e. The van der Waals surface area contributed by atoms with Crippen molar-refractivity contribution in [3.63, 3.8) is 0 Å². The molecular weight excluding hydrogens is 368 g/mol. The van der Waals surface area contributed by atoms with E-state index in [0.717, 1.165) is 5.57 Å². The minimum absolute atomic E-state index is 0.0708. The summed E-state index contributed by atoms with van der Waals surface area (Å²) >= 11 is 0. The van der Waals surface area contributed by atoms with E-state index in [2.05, 4.69) is 19.8 Å². The molecule has 0 saturated heterocycles. The Labute approximate surface area is 154 Å². The molecule has 0 aliphatic heterocycles. The number of nitrogens with zero attached hydrogens (tertiary/aromatic N) is 5. The number of fused-ring (bicyclic) bond motifs is 1. The zero-order valence-corrected chi connectivity index (χ0v) is 15.1. The van der Waals surface area contributed by atoms with Gasteiger partial charge in [0.1, 0.15) is 17.4 Å². The van der Waals surface area contributed by atoms with E-state index >= 15 is 0 Å². The number of nitriles is 1. The molecule has 0 bridgehead atoms. The maximum atomic E-state index is 12.9. The van der Waals surface area contributed by atoms with Crippen molar-refractivity contribution in [2.24, 2.45) is 0 Å². The van der Waals surface area contributed by atoms with Gasteiger partial charge in [-0.1, -0.05) is 6.08 Å². The van der Waals surface area contributed by atoms with E-state index in [-0.39, 0.29) is 16.3 Å². The lowest BCUT2D eigenvalue weighted by Crippen LogP contribution is -2.19. The number of oxazole rings is 1. The van der Waals surface area contributed by atoms with E-state index in [1.54, 1.807) is 25.3 Å². The van der Waals surface area contributed by atoms with E-state index in [9.17, 15) is 13.7 Å². The molecule has 1 N–H and O–H groups in total. The molecule has 0 aromatic carbocycles. The number of anilines is 1. The van der Waals surface area contributed by atoms with Crippen LogP contribution in [0.3, 0.4) is 0 Å². The van der Waals surface area contributed by atoms with Gasteiger partial charge in [0.25, 0.3) is 10.0 Å². The van der Waals surface area contributed by atoms with Crippen LogP contribution in [-0.2, 0) is 10.0 Å². The standard InChI is InChI=1S/C17H14N6O3S/c1-11-6-16-20-8-13(7-18)17(23(16)21-11)22-27(24,25)14-4-2-12(3-5-14)15-9-19-10-26-15/h2,4,6,8-10,22H,3,5H2,1H3. The molecule has 0 fully saturated rings. The molecule has 3 aromatic heterocycles. The van der Waals surface area contributed by atoms with Gasteiger partial charge in [-0.3, -0.25) is 4.72 Å². The highest BCUT2D eigenvalue weighted by atomic mass is 32.2. The van der Waals surface area contributed by atoms with E-state index in [4.69, 9.17) is 4.42 Å². The Balaban J connectivity index is 1.71. The van der Waals surface area contributed by atoms with Gasteiger partial charge in [0, 0.05) is 6.07 Å². The van der Waals surface area contributed by atoms with Crippen molar-refractivity contribution in [1.29, 1.82) is 5.26 Å². The fourth-order valence-corrected chi connectivity index (χ4v) is 4.04. The lowest BCUT2D eigenvalue weighted by molar-refractivity contribution is 0.541. The van der Waals surface area contributed by atoms with Crippen molar-refractivity contribution in [3.05, 3.63) is 58.9 Å². The van der Waals surface area contributed by atoms with Crippen molar-refractivity contribution in [2.75, 3.05) is 4.72 Å². The smallest absolute Gasteiger partial charge is 0.259 e. The summed E-state index contributed by atoms with van der Waals surface area (Å²) in [6.07, 6.45) is 8.27. The summed E-state index contributed by atoms with van der Waals surface area (Å²) in [6.45, 7) is 1.76. The van der Waals surface area contributed by atoms with Crippen LogP contribution in [0.4, 0.5) is 5.82 Å². The van der Waals surface area contributed by atoms with Crippen LogP contribution >= 0.6 is 0 Å². The van der Waals surface area contributed by atoms with Crippen LogP contribution in [0, 0.1) is 18.3 Å². The van der Waals surface area contributed by atoms with Crippen LogP contribution in [0.25, 0.3) is 11.2 Å². The van der Waals surface area contributed by atoms with Crippen LogP contribution in [-0.4, -0.2) is 28.0 Å². The molecule has 0 saturated carbocycles. The topological polar surface area (TPSA) is 126 Å². The predicted octanol–water partition coefficient (Wildman–Crippen LogP) is 2.40. The fourth-order valence-electron chi connectivity index (χ4n) is 2.84. The Bertz CT molecular complexity index is 1230. The minimum atomic E-state index is -3.86. The molecule has 136 valence electrons. The number of aryl methyl sites for hydroxylation is 1. The van der Waals surface area contributed by atoms with Crippen LogP contribution in [0.5, 0.6) is 0 Å². The summed E-state index contributed by atoms with van der Waals surface area (Å²) in [6, 6.07) is 3.65. The average Bonchev–Trinajstić information content (AvgIpc) is 3.31. The molecule has 1 aliphatic carbocycles. The van der Waals surface area contributed by atoms with Crippen LogP contribution < -0.4 is 4.72 Å².